The fourth-order valence-electron chi connectivity index (χ4n) is 2.61. The van der Waals surface area contributed by atoms with E-state index in [0.29, 0.717) is 16.7 Å². The van der Waals surface area contributed by atoms with Crippen LogP contribution < -0.4 is 5.43 Å². The predicted molar refractivity (Wildman–Crippen MR) is 86.2 cm³/mol. The fourth-order valence-corrected chi connectivity index (χ4v) is 2.61. The summed E-state index contributed by atoms with van der Waals surface area (Å²) in [6.07, 6.45) is 8.29. The Labute approximate surface area is 124 Å². The van der Waals surface area contributed by atoms with E-state index in [-0.39, 0.29) is 5.43 Å². The molecule has 108 valence electrons. The van der Waals surface area contributed by atoms with Crippen molar-refractivity contribution in [3.63, 3.8) is 0 Å². The second-order valence-corrected chi connectivity index (χ2v) is 5.68. The first-order valence-corrected chi connectivity index (χ1v) is 7.22. The van der Waals surface area contributed by atoms with Crippen LogP contribution in [0.1, 0.15) is 24.2 Å². The molecule has 0 spiro atoms. The van der Waals surface area contributed by atoms with Crippen LogP contribution in [0.4, 0.5) is 0 Å². The van der Waals surface area contributed by atoms with Crippen molar-refractivity contribution in [2.24, 2.45) is 0 Å². The molecular formula is C18H19NO2. The van der Waals surface area contributed by atoms with Crippen molar-refractivity contribution in [2.75, 3.05) is 14.1 Å². The standard InChI is InChI=1S/C18H19NO2/c1-19(2)12-13-8-9-17-15(10-13)16(20)11-18(21-17)14-6-4-3-5-7-14/h4,6-11H,3,5,12H2,1-2H3. The van der Waals surface area contributed by atoms with Crippen LogP contribution in [0.3, 0.4) is 0 Å². The highest BCUT2D eigenvalue weighted by Gasteiger charge is 2.09. The molecule has 1 aliphatic carbocycles. The summed E-state index contributed by atoms with van der Waals surface area (Å²) >= 11 is 0. The number of allylic oxidation sites excluding steroid dienone is 4. The van der Waals surface area contributed by atoms with Crippen molar-refractivity contribution in [2.45, 2.75) is 19.4 Å². The Morgan fingerprint density at radius 3 is 2.76 bits per heavy atom. The minimum absolute atomic E-state index is 0.0201. The van der Waals surface area contributed by atoms with Crippen molar-refractivity contribution < 1.29 is 4.42 Å². The lowest BCUT2D eigenvalue weighted by Gasteiger charge is -2.11. The maximum Gasteiger partial charge on any atom is 0.193 e. The topological polar surface area (TPSA) is 33.5 Å². The van der Waals surface area contributed by atoms with E-state index in [0.717, 1.165) is 30.5 Å². The number of nitrogens with zero attached hydrogens (tertiary/aromatic N) is 1. The molecule has 1 heterocycles. The Morgan fingerprint density at radius 2 is 2.05 bits per heavy atom. The molecule has 3 nitrogen and oxygen atoms in total. The lowest BCUT2D eigenvalue weighted by atomic mass is 10.0. The SMILES string of the molecule is CN(C)Cc1ccc2oc(C3=CCCC=C3)cc(=O)c2c1. The normalized spacial score (nSPS) is 14.7. The molecular weight excluding hydrogens is 262 g/mol. The third-order valence-electron chi connectivity index (χ3n) is 3.57. The van der Waals surface area contributed by atoms with Crippen LogP contribution in [-0.2, 0) is 6.54 Å². The molecule has 1 aliphatic rings. The van der Waals surface area contributed by atoms with Gasteiger partial charge in [0.05, 0.1) is 5.39 Å². The zero-order chi connectivity index (χ0) is 14.8. The number of rotatable bonds is 3. The average Bonchev–Trinajstić information content (AvgIpc) is 2.48. The average molecular weight is 281 g/mol. The van der Waals surface area contributed by atoms with Crippen LogP contribution in [0.25, 0.3) is 16.5 Å². The lowest BCUT2D eigenvalue weighted by Crippen LogP contribution is -2.11. The zero-order valence-corrected chi connectivity index (χ0v) is 12.4. The molecule has 21 heavy (non-hydrogen) atoms. The number of hydrogen-bond donors (Lipinski definition) is 0. The molecule has 0 radical (unpaired) electrons. The quantitative estimate of drug-likeness (QED) is 0.862. The fraction of sp³-hybridized carbons (Fsp3) is 0.278. The van der Waals surface area contributed by atoms with E-state index in [2.05, 4.69) is 17.1 Å². The van der Waals surface area contributed by atoms with Crippen molar-refractivity contribution in [1.82, 2.24) is 4.90 Å². The molecule has 2 aromatic rings. The molecule has 0 N–H and O–H groups in total. The minimum Gasteiger partial charge on any atom is -0.456 e. The van der Waals surface area contributed by atoms with Gasteiger partial charge in [0.15, 0.2) is 5.43 Å². The highest BCUT2D eigenvalue weighted by Crippen LogP contribution is 2.23. The second kappa shape index (κ2) is 5.70. The van der Waals surface area contributed by atoms with Crippen LogP contribution >= 0.6 is 0 Å². The van der Waals surface area contributed by atoms with Gasteiger partial charge >= 0.3 is 0 Å². The highest BCUT2D eigenvalue weighted by molar-refractivity contribution is 5.80. The van der Waals surface area contributed by atoms with Gasteiger partial charge in [-0.25, -0.2) is 0 Å². The third kappa shape index (κ3) is 2.98. The zero-order valence-electron chi connectivity index (χ0n) is 12.4. The molecule has 0 saturated heterocycles. The molecule has 0 atom stereocenters. The molecule has 0 amide bonds. The van der Waals surface area contributed by atoms with E-state index in [1.165, 1.54) is 0 Å². The largest absolute Gasteiger partial charge is 0.456 e. The maximum absolute atomic E-state index is 12.4. The monoisotopic (exact) mass is 281 g/mol. The highest BCUT2D eigenvalue weighted by atomic mass is 16.3. The van der Waals surface area contributed by atoms with Crippen LogP contribution in [0, 0.1) is 0 Å². The van der Waals surface area contributed by atoms with Gasteiger partial charge in [0.25, 0.3) is 0 Å². The minimum atomic E-state index is 0.0201. The summed E-state index contributed by atoms with van der Waals surface area (Å²) in [6.45, 7) is 0.811. The van der Waals surface area contributed by atoms with E-state index in [1.807, 2.05) is 38.4 Å². The molecule has 0 fully saturated rings. The molecule has 1 aromatic heterocycles. The Hall–Kier alpha value is -2.13. The first-order chi connectivity index (χ1) is 10.1. The van der Waals surface area contributed by atoms with Gasteiger partial charge in [-0.1, -0.05) is 24.3 Å². The molecule has 0 saturated carbocycles. The Kier molecular flexibility index (Phi) is 3.76. The Morgan fingerprint density at radius 1 is 1.19 bits per heavy atom. The maximum atomic E-state index is 12.4. The first kappa shape index (κ1) is 13.8. The molecule has 1 aromatic carbocycles. The summed E-state index contributed by atoms with van der Waals surface area (Å²) in [5.41, 5.74) is 2.79. The van der Waals surface area contributed by atoms with Crippen LogP contribution in [0.15, 0.2) is 51.7 Å². The van der Waals surface area contributed by atoms with E-state index in [4.69, 9.17) is 4.42 Å². The Balaban J connectivity index is 2.07. The summed E-state index contributed by atoms with van der Waals surface area (Å²) in [5.74, 6) is 0.656. The van der Waals surface area contributed by atoms with Gasteiger partial charge in [0.1, 0.15) is 11.3 Å². The smallest absolute Gasteiger partial charge is 0.193 e. The van der Waals surface area contributed by atoms with Gasteiger partial charge in [-0.15, -0.1) is 0 Å². The number of fused-ring (bicyclic) bond motifs is 1. The van der Waals surface area contributed by atoms with Gasteiger partial charge < -0.3 is 9.32 Å². The van der Waals surface area contributed by atoms with Gasteiger partial charge in [-0.05, 0) is 44.6 Å². The first-order valence-electron chi connectivity index (χ1n) is 7.22. The van der Waals surface area contributed by atoms with E-state index < -0.39 is 0 Å². The molecule has 0 aliphatic heterocycles. The van der Waals surface area contributed by atoms with Crippen LogP contribution in [0.2, 0.25) is 0 Å². The van der Waals surface area contributed by atoms with Crippen molar-refractivity contribution >= 4 is 16.5 Å². The second-order valence-electron chi connectivity index (χ2n) is 5.68. The predicted octanol–water partition coefficient (Wildman–Crippen LogP) is 3.59. The molecule has 0 unspecified atom stereocenters. The summed E-state index contributed by atoms with van der Waals surface area (Å²) in [5, 5.41) is 0.651. The molecule has 3 rings (SSSR count). The van der Waals surface area contributed by atoms with Crippen molar-refractivity contribution in [1.29, 1.82) is 0 Å². The molecule has 3 heteroatoms. The van der Waals surface area contributed by atoms with Gasteiger partial charge in [0, 0.05) is 18.2 Å². The van der Waals surface area contributed by atoms with Gasteiger partial charge in [-0.2, -0.15) is 0 Å². The summed E-state index contributed by atoms with van der Waals surface area (Å²) in [6, 6.07) is 7.44. The number of hydrogen-bond acceptors (Lipinski definition) is 3. The van der Waals surface area contributed by atoms with Crippen LogP contribution in [-0.4, -0.2) is 19.0 Å². The van der Waals surface area contributed by atoms with Crippen molar-refractivity contribution in [3.05, 3.63) is 64.0 Å². The van der Waals surface area contributed by atoms with E-state index in [9.17, 15) is 4.79 Å². The van der Waals surface area contributed by atoms with Gasteiger partial charge in [-0.3, -0.25) is 4.79 Å². The summed E-state index contributed by atoms with van der Waals surface area (Å²) < 4.78 is 5.91. The summed E-state index contributed by atoms with van der Waals surface area (Å²) in [4.78, 5) is 14.4. The van der Waals surface area contributed by atoms with Crippen LogP contribution in [0.5, 0.6) is 0 Å². The van der Waals surface area contributed by atoms with Crippen molar-refractivity contribution in [3.8, 4) is 0 Å². The third-order valence-corrected chi connectivity index (χ3v) is 3.57. The van der Waals surface area contributed by atoms with E-state index in [1.54, 1.807) is 6.07 Å². The van der Waals surface area contributed by atoms with Gasteiger partial charge in [0.2, 0.25) is 0 Å². The Bertz CT molecular complexity index is 781. The molecule has 0 bridgehead atoms. The number of benzene rings is 1. The lowest BCUT2D eigenvalue weighted by molar-refractivity contribution is 0.402. The summed E-state index contributed by atoms with van der Waals surface area (Å²) in [7, 11) is 4.02. The van der Waals surface area contributed by atoms with E-state index >= 15 is 0 Å².